The molecule has 1 aliphatic carbocycles. The molecule has 2 N–H and O–H groups in total. The average molecular weight is 244 g/mol. The fourth-order valence-corrected chi connectivity index (χ4v) is 2.00. The summed E-state index contributed by atoms with van der Waals surface area (Å²) in [5.41, 5.74) is 0. The summed E-state index contributed by atoms with van der Waals surface area (Å²) in [7, 11) is 0. The standard InChI is InChI=1S/C8H9F5N2O/c9-7(10,8(11,12)13)6(16)15-5-3-1-14-2-4(3)5/h3-5,14H,1-2H2,(H,15,16). The van der Waals surface area contributed by atoms with Gasteiger partial charge in [-0.3, -0.25) is 4.79 Å². The number of alkyl halides is 5. The van der Waals surface area contributed by atoms with Crippen LogP contribution < -0.4 is 10.6 Å². The van der Waals surface area contributed by atoms with E-state index in [1.165, 1.54) is 0 Å². The van der Waals surface area contributed by atoms with Crippen molar-refractivity contribution in [2.45, 2.75) is 18.1 Å². The third kappa shape index (κ3) is 1.64. The molecule has 0 aromatic carbocycles. The summed E-state index contributed by atoms with van der Waals surface area (Å²) in [4.78, 5) is 10.8. The molecule has 0 aromatic rings. The predicted molar refractivity (Wildman–Crippen MR) is 42.8 cm³/mol. The van der Waals surface area contributed by atoms with Crippen LogP contribution in [0.15, 0.2) is 0 Å². The van der Waals surface area contributed by atoms with Gasteiger partial charge in [-0.2, -0.15) is 22.0 Å². The highest BCUT2D eigenvalue weighted by molar-refractivity contribution is 5.85. The number of halogens is 5. The van der Waals surface area contributed by atoms with Gasteiger partial charge in [-0.1, -0.05) is 0 Å². The van der Waals surface area contributed by atoms with E-state index in [9.17, 15) is 26.7 Å². The zero-order valence-electron chi connectivity index (χ0n) is 7.94. The van der Waals surface area contributed by atoms with Crippen LogP contribution in [0.3, 0.4) is 0 Å². The first-order valence-corrected chi connectivity index (χ1v) is 4.71. The molecular formula is C8H9F5N2O. The second-order valence-electron chi connectivity index (χ2n) is 4.06. The highest BCUT2D eigenvalue weighted by Crippen LogP contribution is 2.43. The minimum absolute atomic E-state index is 0.00650. The Balaban J connectivity index is 1.94. The van der Waals surface area contributed by atoms with Crippen molar-refractivity contribution in [1.82, 2.24) is 10.6 Å². The Hall–Kier alpha value is -0.920. The van der Waals surface area contributed by atoms with E-state index in [0.29, 0.717) is 13.1 Å². The number of nitrogens with one attached hydrogen (secondary N) is 2. The third-order valence-electron chi connectivity index (χ3n) is 3.03. The maximum atomic E-state index is 12.5. The summed E-state index contributed by atoms with van der Waals surface area (Å²) in [5.74, 6) is -7.57. The van der Waals surface area contributed by atoms with E-state index in [-0.39, 0.29) is 11.8 Å². The van der Waals surface area contributed by atoms with Crippen molar-refractivity contribution < 1.29 is 26.7 Å². The van der Waals surface area contributed by atoms with Gasteiger partial charge < -0.3 is 10.6 Å². The molecule has 0 radical (unpaired) electrons. The van der Waals surface area contributed by atoms with E-state index in [0.717, 1.165) is 0 Å². The molecule has 8 heteroatoms. The van der Waals surface area contributed by atoms with Gasteiger partial charge in [0, 0.05) is 19.1 Å². The number of amides is 1. The van der Waals surface area contributed by atoms with Crippen molar-refractivity contribution in [3.05, 3.63) is 0 Å². The number of carbonyl (C=O) groups excluding carboxylic acids is 1. The van der Waals surface area contributed by atoms with Gasteiger partial charge >= 0.3 is 18.0 Å². The van der Waals surface area contributed by atoms with Crippen LogP contribution in [0.4, 0.5) is 22.0 Å². The fourth-order valence-electron chi connectivity index (χ4n) is 2.00. The topological polar surface area (TPSA) is 41.1 Å². The SMILES string of the molecule is O=C(NC1C2CNCC21)C(F)(F)C(F)(F)F. The molecular weight excluding hydrogens is 235 g/mol. The molecule has 2 unspecified atom stereocenters. The number of fused-ring (bicyclic) bond motifs is 1. The summed E-state index contributed by atoms with van der Waals surface area (Å²) in [5, 5.41) is 4.69. The molecule has 1 heterocycles. The van der Waals surface area contributed by atoms with Gasteiger partial charge in [0.25, 0.3) is 0 Å². The molecule has 3 nitrogen and oxygen atoms in total. The maximum absolute atomic E-state index is 12.5. The molecule has 0 spiro atoms. The van der Waals surface area contributed by atoms with Gasteiger partial charge in [0.2, 0.25) is 0 Å². The molecule has 0 bridgehead atoms. The van der Waals surface area contributed by atoms with Crippen molar-refractivity contribution in [3.8, 4) is 0 Å². The van der Waals surface area contributed by atoms with E-state index >= 15 is 0 Å². The van der Waals surface area contributed by atoms with Crippen molar-refractivity contribution in [2.75, 3.05) is 13.1 Å². The van der Waals surface area contributed by atoms with Crippen LogP contribution >= 0.6 is 0 Å². The number of hydrogen-bond donors (Lipinski definition) is 2. The van der Waals surface area contributed by atoms with Gasteiger partial charge in [0.1, 0.15) is 0 Å². The number of rotatable bonds is 2. The summed E-state index contributed by atoms with van der Waals surface area (Å²) in [6, 6.07) is -0.540. The van der Waals surface area contributed by atoms with Crippen LogP contribution in [0.1, 0.15) is 0 Å². The molecule has 2 fully saturated rings. The van der Waals surface area contributed by atoms with Crippen molar-refractivity contribution in [1.29, 1.82) is 0 Å². The fraction of sp³-hybridized carbons (Fsp3) is 0.875. The maximum Gasteiger partial charge on any atom is 0.463 e. The van der Waals surface area contributed by atoms with E-state index < -0.39 is 24.0 Å². The lowest BCUT2D eigenvalue weighted by molar-refractivity contribution is -0.269. The third-order valence-corrected chi connectivity index (χ3v) is 3.03. The Morgan fingerprint density at radius 1 is 1.12 bits per heavy atom. The molecule has 1 amide bonds. The highest BCUT2D eigenvalue weighted by atomic mass is 19.4. The molecule has 2 atom stereocenters. The monoisotopic (exact) mass is 244 g/mol. The van der Waals surface area contributed by atoms with Crippen LogP contribution in [-0.2, 0) is 4.79 Å². The zero-order valence-corrected chi connectivity index (χ0v) is 7.94. The Morgan fingerprint density at radius 3 is 2.06 bits per heavy atom. The van der Waals surface area contributed by atoms with E-state index in [1.54, 1.807) is 5.32 Å². The highest BCUT2D eigenvalue weighted by Gasteiger charge is 2.65. The summed E-state index contributed by atoms with van der Waals surface area (Å²) in [6.07, 6.45) is -5.83. The molecule has 0 aromatic heterocycles. The van der Waals surface area contributed by atoms with Crippen molar-refractivity contribution in [2.24, 2.45) is 11.8 Å². The van der Waals surface area contributed by atoms with Crippen LogP contribution in [0.25, 0.3) is 0 Å². The van der Waals surface area contributed by atoms with Crippen LogP contribution in [-0.4, -0.2) is 37.1 Å². The minimum Gasteiger partial charge on any atom is -0.347 e. The number of carbonyl (C=O) groups is 1. The molecule has 1 aliphatic heterocycles. The molecule has 92 valence electrons. The first-order chi connectivity index (χ1) is 7.25. The molecule has 1 saturated heterocycles. The normalized spacial score (nSPS) is 33.4. The Bertz CT molecular complexity index is 306. The van der Waals surface area contributed by atoms with Gasteiger partial charge in [0.15, 0.2) is 0 Å². The molecule has 16 heavy (non-hydrogen) atoms. The van der Waals surface area contributed by atoms with Crippen LogP contribution in [0, 0.1) is 11.8 Å². The predicted octanol–water partition coefficient (Wildman–Crippen LogP) is 0.518. The molecule has 1 saturated carbocycles. The van der Waals surface area contributed by atoms with Crippen LogP contribution in [0.2, 0.25) is 0 Å². The second kappa shape index (κ2) is 3.28. The van der Waals surface area contributed by atoms with Crippen LogP contribution in [0.5, 0.6) is 0 Å². The summed E-state index contributed by atoms with van der Waals surface area (Å²) in [6.45, 7) is 1.10. The quantitative estimate of drug-likeness (QED) is 0.695. The Morgan fingerprint density at radius 2 is 1.62 bits per heavy atom. The smallest absolute Gasteiger partial charge is 0.347 e. The second-order valence-corrected chi connectivity index (χ2v) is 4.06. The van der Waals surface area contributed by atoms with Crippen molar-refractivity contribution in [3.63, 3.8) is 0 Å². The van der Waals surface area contributed by atoms with E-state index in [2.05, 4.69) is 5.32 Å². The Labute approximate surface area is 87.4 Å². The molecule has 2 aliphatic rings. The van der Waals surface area contributed by atoms with Crippen molar-refractivity contribution >= 4 is 5.91 Å². The summed E-state index contributed by atoms with van der Waals surface area (Å²) < 4.78 is 60.5. The largest absolute Gasteiger partial charge is 0.463 e. The average Bonchev–Trinajstić information content (AvgIpc) is 2.61. The first-order valence-electron chi connectivity index (χ1n) is 4.71. The van der Waals surface area contributed by atoms with Gasteiger partial charge in [0.05, 0.1) is 0 Å². The number of hydrogen-bond acceptors (Lipinski definition) is 2. The van der Waals surface area contributed by atoms with E-state index in [1.807, 2.05) is 0 Å². The first kappa shape index (κ1) is 11.6. The van der Waals surface area contributed by atoms with Gasteiger partial charge in [-0.25, -0.2) is 0 Å². The minimum atomic E-state index is -5.83. The molecule has 2 rings (SSSR count). The van der Waals surface area contributed by atoms with Gasteiger partial charge in [-0.05, 0) is 11.8 Å². The number of piperidine rings is 1. The lowest BCUT2D eigenvalue weighted by atomic mass is 10.3. The lowest BCUT2D eigenvalue weighted by Gasteiger charge is -2.19. The van der Waals surface area contributed by atoms with E-state index in [4.69, 9.17) is 0 Å². The summed E-state index contributed by atoms with van der Waals surface area (Å²) >= 11 is 0. The van der Waals surface area contributed by atoms with Gasteiger partial charge in [-0.15, -0.1) is 0 Å². The Kier molecular flexibility index (Phi) is 2.37. The lowest BCUT2D eigenvalue weighted by Crippen LogP contribution is -2.51. The zero-order chi connectivity index (χ0) is 12.1.